The average Bonchev–Trinajstić information content (AvgIpc) is 3.23. The highest BCUT2D eigenvalue weighted by Crippen LogP contribution is 2.36. The van der Waals surface area contributed by atoms with Crippen LogP contribution in [0.2, 0.25) is 0 Å². The second kappa shape index (κ2) is 10.7. The molecule has 2 aromatic carbocycles. The molecule has 1 aliphatic carbocycles. The second-order valence-electron chi connectivity index (χ2n) is 10.2. The Balaban J connectivity index is 1.32. The maximum absolute atomic E-state index is 13.1. The fourth-order valence-electron chi connectivity index (χ4n) is 5.99. The minimum Gasteiger partial charge on any atom is -0.343 e. The van der Waals surface area contributed by atoms with Gasteiger partial charge in [-0.15, -0.1) is 0 Å². The molecule has 4 N–H and O–H groups in total. The van der Waals surface area contributed by atoms with Crippen molar-refractivity contribution in [2.75, 3.05) is 43.1 Å². The molecule has 1 spiro atoms. The van der Waals surface area contributed by atoms with Gasteiger partial charge in [-0.2, -0.15) is 0 Å². The number of carbonyl (C=O) groups excluding carboxylic acids is 1. The van der Waals surface area contributed by atoms with Gasteiger partial charge in [0.2, 0.25) is 5.91 Å². The van der Waals surface area contributed by atoms with E-state index in [2.05, 4.69) is 44.7 Å². The van der Waals surface area contributed by atoms with Crippen molar-refractivity contribution in [3.05, 3.63) is 60.7 Å². The van der Waals surface area contributed by atoms with Crippen molar-refractivity contribution in [2.24, 2.45) is 22.6 Å². The third kappa shape index (κ3) is 5.15. The van der Waals surface area contributed by atoms with E-state index in [1.54, 1.807) is 0 Å². The fourth-order valence-corrected chi connectivity index (χ4v) is 5.99. The molecule has 35 heavy (non-hydrogen) atoms. The van der Waals surface area contributed by atoms with Crippen LogP contribution in [0.4, 0.5) is 11.4 Å². The Kier molecular flexibility index (Phi) is 7.23. The maximum Gasteiger partial charge on any atom is 0.247 e. The molecule has 186 valence electrons. The Labute approximate surface area is 208 Å². The summed E-state index contributed by atoms with van der Waals surface area (Å²) >= 11 is 0. The highest BCUT2D eigenvalue weighted by molar-refractivity contribution is 5.96. The molecule has 0 bridgehead atoms. The lowest BCUT2D eigenvalue weighted by Gasteiger charge is -2.44. The molecule has 3 aliphatic rings. The van der Waals surface area contributed by atoms with Crippen LogP contribution in [0.25, 0.3) is 0 Å². The van der Waals surface area contributed by atoms with Crippen molar-refractivity contribution < 1.29 is 4.79 Å². The zero-order chi connectivity index (χ0) is 24.1. The number of piperidine rings is 1. The summed E-state index contributed by atoms with van der Waals surface area (Å²) in [5, 5.41) is 6.69. The van der Waals surface area contributed by atoms with Crippen LogP contribution in [0, 0.1) is 11.8 Å². The summed E-state index contributed by atoms with van der Waals surface area (Å²) in [5.41, 5.74) is 7.62. The lowest BCUT2D eigenvalue weighted by atomic mass is 9.81. The maximum atomic E-state index is 13.1. The highest BCUT2D eigenvalue weighted by atomic mass is 16.2. The minimum absolute atomic E-state index is 0.144. The van der Waals surface area contributed by atoms with Crippen LogP contribution >= 0.6 is 0 Å². The number of rotatable bonds is 5. The molecule has 2 heterocycles. The molecular formula is C28H38N6O. The van der Waals surface area contributed by atoms with Gasteiger partial charge in [-0.05, 0) is 74.8 Å². The number of carbonyl (C=O) groups is 1. The van der Waals surface area contributed by atoms with Crippen molar-refractivity contribution in [3.8, 4) is 0 Å². The molecule has 2 unspecified atom stereocenters. The van der Waals surface area contributed by atoms with Crippen molar-refractivity contribution >= 4 is 23.2 Å². The number of likely N-dealkylation sites (tertiary alicyclic amines) is 1. The molecule has 7 nitrogen and oxygen atoms in total. The van der Waals surface area contributed by atoms with Crippen molar-refractivity contribution in [2.45, 2.75) is 44.1 Å². The van der Waals surface area contributed by atoms with Gasteiger partial charge in [0.1, 0.15) is 5.54 Å². The van der Waals surface area contributed by atoms with Gasteiger partial charge in [0, 0.05) is 31.0 Å². The molecule has 7 heteroatoms. The van der Waals surface area contributed by atoms with Crippen molar-refractivity contribution in [1.82, 2.24) is 10.2 Å². The Hall–Kier alpha value is -3.06. The molecule has 2 saturated heterocycles. The summed E-state index contributed by atoms with van der Waals surface area (Å²) in [5.74, 6) is 2.29. The number of anilines is 2. The Morgan fingerprint density at radius 1 is 1.03 bits per heavy atom. The quantitative estimate of drug-likeness (QED) is 0.455. The van der Waals surface area contributed by atoms with Crippen LogP contribution in [0.1, 0.15) is 38.5 Å². The van der Waals surface area contributed by atoms with Gasteiger partial charge in [0.25, 0.3) is 0 Å². The number of para-hydroxylation sites is 2. The first-order chi connectivity index (χ1) is 17.2. The van der Waals surface area contributed by atoms with Crippen LogP contribution in [-0.2, 0) is 4.79 Å². The summed E-state index contributed by atoms with van der Waals surface area (Å²) in [7, 11) is 0. The smallest absolute Gasteiger partial charge is 0.247 e. The van der Waals surface area contributed by atoms with Gasteiger partial charge in [-0.3, -0.25) is 9.79 Å². The lowest BCUT2D eigenvalue weighted by molar-refractivity contribution is -0.124. The summed E-state index contributed by atoms with van der Waals surface area (Å²) in [6.45, 7) is 3.74. The number of aliphatic imine (C=N–C) groups is 1. The SMILES string of the molecule is NCC1CCCC(CN=C(Nc2ccccc2)N2CCC3(CC2)C(=O)NCN3c2ccccc2)C1. The molecule has 3 fully saturated rings. The van der Waals surface area contributed by atoms with Crippen LogP contribution in [0.5, 0.6) is 0 Å². The van der Waals surface area contributed by atoms with Crippen molar-refractivity contribution in [1.29, 1.82) is 0 Å². The number of guanidine groups is 1. The fraction of sp³-hybridized carbons (Fsp3) is 0.500. The molecular weight excluding hydrogens is 436 g/mol. The number of benzene rings is 2. The Morgan fingerprint density at radius 3 is 2.43 bits per heavy atom. The minimum atomic E-state index is -0.493. The van der Waals surface area contributed by atoms with Crippen LogP contribution in [0.15, 0.2) is 65.7 Å². The first-order valence-electron chi connectivity index (χ1n) is 13.1. The molecule has 2 atom stereocenters. The molecule has 5 rings (SSSR count). The average molecular weight is 475 g/mol. The predicted molar refractivity (Wildman–Crippen MR) is 142 cm³/mol. The van der Waals surface area contributed by atoms with E-state index >= 15 is 0 Å². The van der Waals surface area contributed by atoms with E-state index in [9.17, 15) is 4.79 Å². The van der Waals surface area contributed by atoms with Gasteiger partial charge < -0.3 is 26.2 Å². The summed E-state index contributed by atoms with van der Waals surface area (Å²) in [4.78, 5) is 22.8. The predicted octanol–water partition coefficient (Wildman–Crippen LogP) is 3.65. The van der Waals surface area contributed by atoms with E-state index < -0.39 is 5.54 Å². The van der Waals surface area contributed by atoms with Gasteiger partial charge in [0.15, 0.2) is 5.96 Å². The van der Waals surface area contributed by atoms with E-state index in [0.29, 0.717) is 18.5 Å². The van der Waals surface area contributed by atoms with Gasteiger partial charge in [-0.1, -0.05) is 42.8 Å². The second-order valence-corrected chi connectivity index (χ2v) is 10.2. The number of nitrogens with two attached hydrogens (primary N) is 1. The molecule has 0 radical (unpaired) electrons. The number of nitrogens with zero attached hydrogens (tertiary/aromatic N) is 3. The molecule has 2 aliphatic heterocycles. The number of hydrogen-bond donors (Lipinski definition) is 3. The first kappa shape index (κ1) is 23.7. The lowest BCUT2D eigenvalue weighted by Crippen LogP contribution is -2.58. The first-order valence-corrected chi connectivity index (χ1v) is 13.1. The Morgan fingerprint density at radius 2 is 1.71 bits per heavy atom. The van der Waals surface area contributed by atoms with Crippen molar-refractivity contribution in [3.63, 3.8) is 0 Å². The highest BCUT2D eigenvalue weighted by Gasteiger charge is 2.50. The molecule has 2 aromatic rings. The van der Waals surface area contributed by atoms with E-state index in [1.807, 2.05) is 36.4 Å². The largest absolute Gasteiger partial charge is 0.343 e. The molecule has 1 saturated carbocycles. The molecule has 1 amide bonds. The van der Waals surface area contributed by atoms with Gasteiger partial charge in [-0.25, -0.2) is 0 Å². The van der Waals surface area contributed by atoms with E-state index in [4.69, 9.17) is 10.7 Å². The summed E-state index contributed by atoms with van der Waals surface area (Å²) < 4.78 is 0. The summed E-state index contributed by atoms with van der Waals surface area (Å²) in [6, 6.07) is 20.5. The summed E-state index contributed by atoms with van der Waals surface area (Å²) in [6.07, 6.45) is 6.44. The van der Waals surface area contributed by atoms with Crippen LogP contribution in [0.3, 0.4) is 0 Å². The zero-order valence-corrected chi connectivity index (χ0v) is 20.5. The number of nitrogens with one attached hydrogen (secondary N) is 2. The van der Waals surface area contributed by atoms with Crippen LogP contribution in [-0.4, -0.2) is 55.2 Å². The normalized spacial score (nSPS) is 24.5. The van der Waals surface area contributed by atoms with Crippen LogP contribution < -0.4 is 21.3 Å². The van der Waals surface area contributed by atoms with Gasteiger partial charge >= 0.3 is 0 Å². The topological polar surface area (TPSA) is 86.0 Å². The third-order valence-electron chi connectivity index (χ3n) is 8.05. The Bertz CT molecular complexity index is 1000. The van der Waals surface area contributed by atoms with Gasteiger partial charge in [0.05, 0.1) is 6.67 Å². The number of amides is 1. The standard InChI is InChI=1S/C28H38N6O/c29-19-22-8-7-9-23(18-22)20-30-27(32-24-10-3-1-4-11-24)33-16-14-28(15-17-33)26(35)31-21-34(28)25-12-5-2-6-13-25/h1-6,10-13,22-23H,7-9,14-21,29H2,(H,30,32)(H,31,35). The number of hydrogen-bond acceptors (Lipinski definition) is 4. The zero-order valence-electron chi connectivity index (χ0n) is 20.5. The van der Waals surface area contributed by atoms with E-state index in [0.717, 1.165) is 56.4 Å². The third-order valence-corrected chi connectivity index (χ3v) is 8.05. The van der Waals surface area contributed by atoms with E-state index in [-0.39, 0.29) is 5.91 Å². The monoisotopic (exact) mass is 474 g/mol. The van der Waals surface area contributed by atoms with E-state index in [1.165, 1.54) is 25.7 Å². The molecule has 0 aromatic heterocycles.